The van der Waals surface area contributed by atoms with Crippen molar-refractivity contribution in [2.45, 2.75) is 187 Å². The largest absolute Gasteiger partial charge is 0.472 e. The summed E-state index contributed by atoms with van der Waals surface area (Å²) >= 11 is 0. The summed E-state index contributed by atoms with van der Waals surface area (Å²) in [6.07, 6.45) is 44.4. The Morgan fingerprint density at radius 3 is 1.54 bits per heavy atom. The molecule has 9 nitrogen and oxygen atoms in total. The first-order valence-electron chi connectivity index (χ1n) is 22.4. The summed E-state index contributed by atoms with van der Waals surface area (Å²) in [5.74, 6) is -0.821. The molecule has 1 N–H and O–H groups in total. The van der Waals surface area contributed by atoms with Crippen molar-refractivity contribution in [3.63, 3.8) is 0 Å². The van der Waals surface area contributed by atoms with Crippen molar-refractivity contribution >= 4 is 19.8 Å². The maximum atomic E-state index is 12.7. The highest BCUT2D eigenvalue weighted by molar-refractivity contribution is 7.47. The number of likely N-dealkylation sites (N-methyl/N-ethyl adjacent to an activating group) is 1. The Hall–Kier alpha value is -2.03. The molecule has 326 valence electrons. The van der Waals surface area contributed by atoms with Crippen molar-refractivity contribution in [2.75, 3.05) is 47.5 Å². The van der Waals surface area contributed by atoms with E-state index in [2.05, 4.69) is 62.5 Å². The van der Waals surface area contributed by atoms with Crippen LogP contribution in [0.1, 0.15) is 181 Å². The van der Waals surface area contributed by atoms with Crippen LogP contribution in [-0.4, -0.2) is 74.9 Å². The molecule has 2 atom stereocenters. The highest BCUT2D eigenvalue weighted by Crippen LogP contribution is 2.43. The van der Waals surface area contributed by atoms with Crippen molar-refractivity contribution < 1.29 is 42.1 Å². The second-order valence-electron chi connectivity index (χ2n) is 16.0. The molecule has 0 rings (SSSR count). The van der Waals surface area contributed by atoms with E-state index >= 15 is 0 Å². The first-order chi connectivity index (χ1) is 27.0. The predicted octanol–water partition coefficient (Wildman–Crippen LogP) is 12.7. The fourth-order valence-electron chi connectivity index (χ4n) is 5.85. The van der Waals surface area contributed by atoms with E-state index in [1.807, 2.05) is 21.1 Å². The van der Waals surface area contributed by atoms with Gasteiger partial charge >= 0.3 is 19.8 Å². The van der Waals surface area contributed by atoms with Crippen LogP contribution in [0, 0.1) is 0 Å². The average Bonchev–Trinajstić information content (AvgIpc) is 3.15. The minimum Gasteiger partial charge on any atom is -0.462 e. The van der Waals surface area contributed by atoms with Crippen molar-refractivity contribution in [3.05, 3.63) is 48.6 Å². The number of unbranched alkanes of at least 4 members (excludes halogenated alkanes) is 18. The molecule has 0 fully saturated rings. The molecule has 0 saturated carbocycles. The van der Waals surface area contributed by atoms with Gasteiger partial charge < -0.3 is 18.9 Å². The zero-order chi connectivity index (χ0) is 41.4. The van der Waals surface area contributed by atoms with Crippen LogP contribution in [0.4, 0.5) is 0 Å². The summed E-state index contributed by atoms with van der Waals surface area (Å²) in [6, 6.07) is 0. The van der Waals surface area contributed by atoms with Crippen molar-refractivity contribution in [1.29, 1.82) is 0 Å². The van der Waals surface area contributed by atoms with Crippen LogP contribution in [0.5, 0.6) is 0 Å². The smallest absolute Gasteiger partial charge is 0.462 e. The van der Waals surface area contributed by atoms with Gasteiger partial charge in [0.2, 0.25) is 0 Å². The predicted molar refractivity (Wildman–Crippen MR) is 233 cm³/mol. The molecule has 0 amide bonds. The van der Waals surface area contributed by atoms with Gasteiger partial charge in [-0.3, -0.25) is 18.6 Å². The molecule has 0 spiro atoms. The van der Waals surface area contributed by atoms with E-state index in [9.17, 15) is 19.0 Å². The highest BCUT2D eigenvalue weighted by atomic mass is 31.2. The molecule has 10 heteroatoms. The normalized spacial score (nSPS) is 14.0. The number of nitrogens with zero attached hydrogens (tertiary/aromatic N) is 1. The van der Waals surface area contributed by atoms with Crippen LogP contribution in [-0.2, 0) is 32.7 Å². The van der Waals surface area contributed by atoms with Crippen LogP contribution in [0.15, 0.2) is 48.6 Å². The van der Waals surface area contributed by atoms with Gasteiger partial charge in [0.15, 0.2) is 6.10 Å². The van der Waals surface area contributed by atoms with E-state index in [0.29, 0.717) is 17.4 Å². The van der Waals surface area contributed by atoms with Gasteiger partial charge in [-0.05, 0) is 70.6 Å². The van der Waals surface area contributed by atoms with E-state index in [4.69, 9.17) is 18.5 Å². The molecule has 0 aromatic rings. The molecule has 0 saturated heterocycles. The fraction of sp³-hybridized carbons (Fsp3) is 0.783. The van der Waals surface area contributed by atoms with Gasteiger partial charge in [0.25, 0.3) is 0 Å². The number of quaternary nitrogens is 1. The molecule has 0 aliphatic rings. The molecule has 0 aliphatic carbocycles. The maximum absolute atomic E-state index is 12.7. The average molecular weight is 811 g/mol. The molecule has 1 unspecified atom stereocenters. The molecular weight excluding hydrogens is 725 g/mol. The first kappa shape index (κ1) is 54.0. The van der Waals surface area contributed by atoms with Gasteiger partial charge in [-0.1, -0.05) is 146 Å². The zero-order valence-corrected chi connectivity index (χ0v) is 37.5. The number of phosphoric acid groups is 1. The zero-order valence-electron chi connectivity index (χ0n) is 36.6. The second kappa shape index (κ2) is 38.5. The number of hydrogen-bond donors (Lipinski definition) is 1. The summed E-state index contributed by atoms with van der Waals surface area (Å²) < 4.78 is 34.3. The van der Waals surface area contributed by atoms with Gasteiger partial charge in [0.05, 0.1) is 27.7 Å². The van der Waals surface area contributed by atoms with Gasteiger partial charge in [0, 0.05) is 12.8 Å². The standard InChI is InChI=1S/C46H84NO8P/c1-6-8-10-12-14-16-18-20-22-23-25-26-28-30-32-34-36-38-45(48)52-42-44(43-54-56(50,51)53-41-40-47(3,4)5)55-46(49)39-37-35-33-31-29-27-24-21-19-17-15-13-11-9-7-2/h9,11,15-18,21,24,44H,6-8,10,12-14,19-20,22-23,25-43H2,1-5H3/p+1/b11-9+,17-15+,18-16+,24-21+/t44-/m1/s1. The summed E-state index contributed by atoms with van der Waals surface area (Å²) in [5, 5.41) is 0. The number of carbonyl (C=O) groups is 2. The SMILES string of the molecule is CC/C=C/C/C=C/C/C=C/CCCCCCCC(=O)O[C@H](COC(=O)CCCCCCCCCCC/C=C/CCCCCC)COP(=O)(O)OCC[N+](C)(C)C. The first-order valence-corrected chi connectivity index (χ1v) is 23.9. The molecule has 0 aliphatic heterocycles. The molecule has 56 heavy (non-hydrogen) atoms. The lowest BCUT2D eigenvalue weighted by molar-refractivity contribution is -0.870. The lowest BCUT2D eigenvalue weighted by atomic mass is 10.1. The third-order valence-corrected chi connectivity index (χ3v) is 10.3. The van der Waals surface area contributed by atoms with Crippen LogP contribution < -0.4 is 0 Å². The van der Waals surface area contributed by atoms with Crippen molar-refractivity contribution in [1.82, 2.24) is 0 Å². The Morgan fingerprint density at radius 2 is 1.02 bits per heavy atom. The molecule has 0 radical (unpaired) electrons. The van der Waals surface area contributed by atoms with Crippen LogP contribution in [0.2, 0.25) is 0 Å². The lowest BCUT2D eigenvalue weighted by Crippen LogP contribution is -2.37. The van der Waals surface area contributed by atoms with Crippen LogP contribution in [0.3, 0.4) is 0 Å². The number of phosphoric ester groups is 1. The molecular formula is C46H85NO8P+. The van der Waals surface area contributed by atoms with Crippen LogP contribution in [0.25, 0.3) is 0 Å². The Morgan fingerprint density at radius 1 is 0.571 bits per heavy atom. The monoisotopic (exact) mass is 811 g/mol. The van der Waals surface area contributed by atoms with Crippen molar-refractivity contribution in [2.24, 2.45) is 0 Å². The summed E-state index contributed by atoms with van der Waals surface area (Å²) in [6.45, 7) is 4.27. The maximum Gasteiger partial charge on any atom is 0.472 e. The molecule has 0 heterocycles. The molecule has 0 bridgehead atoms. The van der Waals surface area contributed by atoms with Gasteiger partial charge in [-0.2, -0.15) is 0 Å². The number of rotatable bonds is 40. The number of carbonyl (C=O) groups excluding carboxylic acids is 2. The number of allylic oxidation sites excluding steroid dienone is 8. The van der Waals surface area contributed by atoms with E-state index < -0.39 is 26.5 Å². The van der Waals surface area contributed by atoms with Crippen LogP contribution >= 0.6 is 7.82 Å². The minimum atomic E-state index is -4.38. The Bertz CT molecular complexity index is 1100. The van der Waals surface area contributed by atoms with E-state index in [0.717, 1.165) is 70.6 Å². The Balaban J connectivity index is 4.36. The van der Waals surface area contributed by atoms with Gasteiger partial charge in [-0.25, -0.2) is 4.57 Å². The Kier molecular flexibility index (Phi) is 37.1. The van der Waals surface area contributed by atoms with Crippen molar-refractivity contribution in [3.8, 4) is 0 Å². The summed E-state index contributed by atoms with van der Waals surface area (Å²) in [7, 11) is 1.46. The van der Waals surface area contributed by atoms with Gasteiger partial charge in [-0.15, -0.1) is 0 Å². The second-order valence-corrected chi connectivity index (χ2v) is 17.5. The summed E-state index contributed by atoms with van der Waals surface area (Å²) in [4.78, 5) is 35.4. The Labute approximate surface area is 343 Å². The number of hydrogen-bond acceptors (Lipinski definition) is 7. The number of ether oxygens (including phenoxy) is 2. The third-order valence-electron chi connectivity index (χ3n) is 9.34. The van der Waals surface area contributed by atoms with E-state index in [1.165, 1.54) is 77.0 Å². The summed E-state index contributed by atoms with van der Waals surface area (Å²) in [5.41, 5.74) is 0. The van der Waals surface area contributed by atoms with E-state index in [1.54, 1.807) is 0 Å². The third kappa shape index (κ3) is 41.6. The minimum absolute atomic E-state index is 0.0265. The topological polar surface area (TPSA) is 108 Å². The van der Waals surface area contributed by atoms with E-state index in [-0.39, 0.29) is 32.0 Å². The lowest BCUT2D eigenvalue weighted by Gasteiger charge is -2.24. The highest BCUT2D eigenvalue weighted by Gasteiger charge is 2.27. The number of esters is 2. The van der Waals surface area contributed by atoms with Gasteiger partial charge in [0.1, 0.15) is 19.8 Å². The molecule has 0 aromatic carbocycles. The quantitative estimate of drug-likeness (QED) is 0.0214. The fourth-order valence-corrected chi connectivity index (χ4v) is 6.59. The molecule has 0 aromatic heterocycles.